The van der Waals surface area contributed by atoms with E-state index >= 15 is 0 Å². The fourth-order valence-electron chi connectivity index (χ4n) is 12.8. The molecule has 0 N–H and O–H groups in total. The van der Waals surface area contributed by atoms with E-state index in [0.717, 1.165) is 65.6 Å². The predicted molar refractivity (Wildman–Crippen MR) is 112 cm³/mol. The Kier molecular flexibility index (Phi) is 2.56. The Morgan fingerprint density at radius 2 is 1.73 bits per heavy atom. The minimum atomic E-state index is -0.259. The van der Waals surface area contributed by atoms with Crippen molar-refractivity contribution in [2.45, 2.75) is 32.1 Å². The zero-order valence-corrected chi connectivity index (χ0v) is 17.7. The Labute approximate surface area is 178 Å². The molecule has 8 aliphatic carbocycles. The van der Waals surface area contributed by atoms with Crippen LogP contribution in [0.2, 0.25) is 0 Å². The summed E-state index contributed by atoms with van der Waals surface area (Å²) < 4.78 is 5.77. The lowest BCUT2D eigenvalue weighted by molar-refractivity contribution is -0.162. The Bertz CT molecular complexity index is 1040. The summed E-state index contributed by atoms with van der Waals surface area (Å²) in [7, 11) is 1.67. The molecular formula is C28H30O2. The molecule has 1 aromatic carbocycles. The largest absolute Gasteiger partial charge is 0.469 e. The molecule has 2 nitrogen and oxygen atoms in total. The van der Waals surface area contributed by atoms with E-state index < -0.39 is 0 Å². The molecule has 0 aromatic heterocycles. The maximum absolute atomic E-state index is 14.0. The van der Waals surface area contributed by atoms with Gasteiger partial charge in [-0.3, -0.25) is 4.79 Å². The van der Waals surface area contributed by atoms with Gasteiger partial charge in [0.05, 0.1) is 12.5 Å². The maximum atomic E-state index is 14.0. The summed E-state index contributed by atoms with van der Waals surface area (Å²) >= 11 is 0. The van der Waals surface area contributed by atoms with Crippen molar-refractivity contribution >= 4 is 5.97 Å². The number of esters is 1. The zero-order valence-electron chi connectivity index (χ0n) is 17.7. The van der Waals surface area contributed by atoms with Crippen molar-refractivity contribution in [2.75, 3.05) is 7.11 Å². The second-order valence-electron chi connectivity index (χ2n) is 12.2. The number of hydrogen-bond donors (Lipinski definition) is 0. The van der Waals surface area contributed by atoms with Crippen molar-refractivity contribution in [1.82, 2.24) is 0 Å². The monoisotopic (exact) mass is 398 g/mol. The van der Waals surface area contributed by atoms with Crippen LogP contribution in [0, 0.1) is 76.4 Å². The predicted octanol–water partition coefficient (Wildman–Crippen LogP) is 4.75. The van der Waals surface area contributed by atoms with Crippen LogP contribution in [0.5, 0.6) is 0 Å². The van der Waals surface area contributed by atoms with Crippen LogP contribution >= 0.6 is 0 Å². The SMILES string of the molecule is COC(=O)[C@]1(Cc2ccccc2)[C@@H]2[C@@H]3CCC4=C5[C@H]6[C@H]([C@@H]43)[C@@H]2[C@@H]2[C@@H]6[C@H]3[C@@H](CC[C@@H]53)[C@H]21. The molecule has 0 spiro atoms. The van der Waals surface area contributed by atoms with Gasteiger partial charge in [0.1, 0.15) is 0 Å². The Hall–Kier alpha value is -1.57. The third kappa shape index (κ3) is 1.33. The van der Waals surface area contributed by atoms with E-state index in [-0.39, 0.29) is 11.4 Å². The standard InChI is InChI=1S/C28H30O2/c1-30-27(29)28(11-12-5-3-2-4-6-12)25-15-9-7-13-17-14-8-10-16-19(14)22-20(17)21(18(13)15)23(25)24(22)26(16)28/h2-6,13,15-16,18-26H,7-11H2,1H3/t13-,15+,16+,18+,19-,20+,21+,22-,23-,24+,25+,26+,28-/m0/s1. The van der Waals surface area contributed by atoms with E-state index in [9.17, 15) is 4.79 Å². The quantitative estimate of drug-likeness (QED) is 0.543. The first-order chi connectivity index (χ1) is 14.8. The first kappa shape index (κ1) is 16.1. The van der Waals surface area contributed by atoms with Crippen LogP contribution in [0.4, 0.5) is 0 Å². The van der Waals surface area contributed by atoms with Gasteiger partial charge in [-0.25, -0.2) is 0 Å². The summed E-state index contributed by atoms with van der Waals surface area (Å²) in [6.45, 7) is 0. The lowest BCUT2D eigenvalue weighted by Crippen LogP contribution is -2.48. The third-order valence-electron chi connectivity index (χ3n) is 12.4. The summed E-state index contributed by atoms with van der Waals surface area (Å²) in [4.78, 5) is 14.0. The zero-order chi connectivity index (χ0) is 19.5. The number of carbonyl (C=O) groups is 1. The van der Waals surface area contributed by atoms with Crippen LogP contribution < -0.4 is 0 Å². The fraction of sp³-hybridized carbons (Fsp3) is 0.679. The van der Waals surface area contributed by atoms with Gasteiger partial charge in [-0.05, 0) is 109 Å². The fourth-order valence-corrected chi connectivity index (χ4v) is 12.8. The molecule has 13 atom stereocenters. The Morgan fingerprint density at radius 3 is 2.57 bits per heavy atom. The van der Waals surface area contributed by atoms with Crippen LogP contribution in [-0.2, 0) is 16.0 Å². The molecule has 0 amide bonds. The molecule has 0 heterocycles. The van der Waals surface area contributed by atoms with Gasteiger partial charge < -0.3 is 4.74 Å². The van der Waals surface area contributed by atoms with Gasteiger partial charge in [0.2, 0.25) is 0 Å². The summed E-state index contributed by atoms with van der Waals surface area (Å²) in [5.41, 5.74) is 5.07. The first-order valence-corrected chi connectivity index (χ1v) is 12.6. The molecule has 1 aromatic rings. The number of rotatable bonds is 3. The Balaban J connectivity index is 1.34. The van der Waals surface area contributed by atoms with Gasteiger partial charge in [0.15, 0.2) is 0 Å². The van der Waals surface area contributed by atoms with Gasteiger partial charge in [-0.1, -0.05) is 41.5 Å². The molecule has 0 radical (unpaired) electrons. The molecule has 2 heteroatoms. The van der Waals surface area contributed by atoms with Crippen molar-refractivity contribution in [3.05, 3.63) is 47.0 Å². The second kappa shape index (κ2) is 4.76. The van der Waals surface area contributed by atoms with E-state index in [1.165, 1.54) is 31.2 Å². The lowest BCUT2D eigenvalue weighted by Gasteiger charge is -2.42. The van der Waals surface area contributed by atoms with Crippen LogP contribution in [0.25, 0.3) is 0 Å². The number of hydrogen-bond acceptors (Lipinski definition) is 2. The van der Waals surface area contributed by atoms with Gasteiger partial charge >= 0.3 is 5.97 Å². The summed E-state index contributed by atoms with van der Waals surface area (Å²) in [5.74, 6) is 10.0. The average Bonchev–Trinajstić information content (AvgIpc) is 3.53. The molecule has 30 heavy (non-hydrogen) atoms. The van der Waals surface area contributed by atoms with Crippen LogP contribution in [-0.4, -0.2) is 13.1 Å². The van der Waals surface area contributed by atoms with Crippen molar-refractivity contribution in [2.24, 2.45) is 76.4 Å². The molecule has 0 aliphatic heterocycles. The molecule has 9 rings (SSSR count). The average molecular weight is 399 g/mol. The molecule has 8 aliphatic rings. The van der Waals surface area contributed by atoms with Crippen LogP contribution in [0.15, 0.2) is 41.5 Å². The van der Waals surface area contributed by atoms with Gasteiger partial charge in [0.25, 0.3) is 0 Å². The highest BCUT2D eigenvalue weighted by Gasteiger charge is 2.86. The van der Waals surface area contributed by atoms with Crippen molar-refractivity contribution in [1.29, 1.82) is 0 Å². The van der Waals surface area contributed by atoms with E-state index in [1.54, 1.807) is 7.11 Å². The van der Waals surface area contributed by atoms with E-state index in [2.05, 4.69) is 30.3 Å². The molecule has 0 unspecified atom stereocenters. The highest BCUT2D eigenvalue weighted by Crippen LogP contribution is 2.89. The normalized spacial score (nSPS) is 58.6. The number of allylic oxidation sites excluding steroid dienone is 2. The summed E-state index contributed by atoms with van der Waals surface area (Å²) in [5, 5.41) is 0. The van der Waals surface area contributed by atoms with E-state index in [4.69, 9.17) is 4.74 Å². The third-order valence-corrected chi connectivity index (χ3v) is 12.4. The minimum absolute atomic E-state index is 0.161. The van der Waals surface area contributed by atoms with Gasteiger partial charge in [-0.15, -0.1) is 0 Å². The number of benzene rings is 1. The summed E-state index contributed by atoms with van der Waals surface area (Å²) in [6, 6.07) is 11.0. The topological polar surface area (TPSA) is 26.3 Å². The summed E-state index contributed by atoms with van der Waals surface area (Å²) in [6.07, 6.45) is 6.44. The van der Waals surface area contributed by atoms with Gasteiger partial charge in [0, 0.05) is 0 Å². The number of carbonyl (C=O) groups excluding carboxylic acids is 1. The Morgan fingerprint density at radius 1 is 0.933 bits per heavy atom. The molecule has 0 saturated heterocycles. The molecular weight excluding hydrogens is 368 g/mol. The van der Waals surface area contributed by atoms with Crippen LogP contribution in [0.1, 0.15) is 31.2 Å². The number of fused-ring (bicyclic) bond motifs is 3. The number of methoxy groups -OCH3 is 1. The van der Waals surface area contributed by atoms with Crippen molar-refractivity contribution in [3.8, 4) is 0 Å². The first-order valence-electron chi connectivity index (χ1n) is 12.6. The van der Waals surface area contributed by atoms with Gasteiger partial charge in [-0.2, -0.15) is 0 Å². The molecule has 7 fully saturated rings. The molecule has 0 bridgehead atoms. The van der Waals surface area contributed by atoms with E-state index in [1.807, 2.05) is 11.1 Å². The maximum Gasteiger partial charge on any atom is 0.312 e. The van der Waals surface area contributed by atoms with Crippen LogP contribution in [0.3, 0.4) is 0 Å². The van der Waals surface area contributed by atoms with Crippen molar-refractivity contribution in [3.63, 3.8) is 0 Å². The highest BCUT2D eigenvalue weighted by molar-refractivity contribution is 5.80. The number of ether oxygens (including phenoxy) is 1. The minimum Gasteiger partial charge on any atom is -0.469 e. The molecule has 154 valence electrons. The smallest absolute Gasteiger partial charge is 0.312 e. The lowest BCUT2D eigenvalue weighted by atomic mass is 9.60. The van der Waals surface area contributed by atoms with Crippen molar-refractivity contribution < 1.29 is 9.53 Å². The van der Waals surface area contributed by atoms with E-state index in [0.29, 0.717) is 11.8 Å². The second-order valence-corrected chi connectivity index (χ2v) is 12.2. The molecule has 7 saturated carbocycles. The highest BCUT2D eigenvalue weighted by atomic mass is 16.5.